The number of hydrogen-bond donors (Lipinski definition) is 4. The van der Waals surface area contributed by atoms with Gasteiger partial charge in [-0.05, 0) is 24.1 Å². The molecule has 0 radical (unpaired) electrons. The van der Waals surface area contributed by atoms with Crippen molar-refractivity contribution in [1.82, 2.24) is 0 Å². The number of carbonyl (C=O) groups excluding carboxylic acids is 1. The molecule has 0 aliphatic carbocycles. The van der Waals surface area contributed by atoms with Gasteiger partial charge in [0.2, 0.25) is 0 Å². The highest BCUT2D eigenvalue weighted by molar-refractivity contribution is 7.46. The number of aromatic hydroxyl groups is 1. The molecule has 0 saturated carbocycles. The van der Waals surface area contributed by atoms with Gasteiger partial charge in [-0.25, -0.2) is 4.57 Å². The molecular formula is C10H14NO7P. The summed E-state index contributed by atoms with van der Waals surface area (Å²) in [6.07, 6.45) is 0.108. The number of phosphoric acid groups is 1. The van der Waals surface area contributed by atoms with E-state index in [1.165, 1.54) is 25.3 Å². The smallest absolute Gasteiger partial charge is 0.504 e. The molecule has 1 rings (SSSR count). The van der Waals surface area contributed by atoms with E-state index in [1.807, 2.05) is 0 Å². The summed E-state index contributed by atoms with van der Waals surface area (Å²) in [4.78, 5) is 28.3. The molecule has 19 heavy (non-hydrogen) atoms. The Kier molecular flexibility index (Phi) is 4.90. The maximum Gasteiger partial charge on any atom is 0.524 e. The third-order valence-corrected chi connectivity index (χ3v) is 2.63. The van der Waals surface area contributed by atoms with E-state index in [1.54, 1.807) is 0 Å². The number of benzene rings is 1. The Labute approximate surface area is 109 Å². The van der Waals surface area contributed by atoms with Gasteiger partial charge >= 0.3 is 13.8 Å². The van der Waals surface area contributed by atoms with Crippen LogP contribution in [0, 0.1) is 0 Å². The van der Waals surface area contributed by atoms with Crippen molar-refractivity contribution in [3.63, 3.8) is 0 Å². The van der Waals surface area contributed by atoms with Crippen LogP contribution in [-0.2, 0) is 20.5 Å². The van der Waals surface area contributed by atoms with Gasteiger partial charge in [0.05, 0.1) is 7.11 Å². The first-order valence-electron chi connectivity index (χ1n) is 5.13. The van der Waals surface area contributed by atoms with E-state index in [4.69, 9.17) is 15.5 Å². The van der Waals surface area contributed by atoms with E-state index in [9.17, 15) is 14.5 Å². The summed E-state index contributed by atoms with van der Waals surface area (Å²) in [5.41, 5.74) is 6.03. The highest BCUT2D eigenvalue weighted by Crippen LogP contribution is 2.41. The van der Waals surface area contributed by atoms with E-state index in [0.29, 0.717) is 5.56 Å². The fourth-order valence-corrected chi connectivity index (χ4v) is 1.79. The Balaban J connectivity index is 2.82. The van der Waals surface area contributed by atoms with Crippen molar-refractivity contribution in [2.45, 2.75) is 12.5 Å². The molecule has 5 N–H and O–H groups in total. The number of phosphoric ester groups is 1. The van der Waals surface area contributed by atoms with Gasteiger partial charge in [0.15, 0.2) is 11.5 Å². The van der Waals surface area contributed by atoms with Gasteiger partial charge in [-0.3, -0.25) is 14.6 Å². The minimum absolute atomic E-state index is 0.108. The van der Waals surface area contributed by atoms with Crippen LogP contribution in [-0.4, -0.2) is 34.0 Å². The van der Waals surface area contributed by atoms with Crippen LogP contribution < -0.4 is 10.3 Å². The number of phenolic OH excluding ortho intramolecular Hbond substituents is 1. The maximum absolute atomic E-state index is 11.1. The van der Waals surface area contributed by atoms with Crippen molar-refractivity contribution >= 4 is 13.8 Å². The molecule has 9 heteroatoms. The second kappa shape index (κ2) is 6.03. The Hall–Kier alpha value is -1.60. The molecule has 0 aromatic heterocycles. The Morgan fingerprint density at radius 2 is 2.11 bits per heavy atom. The molecular weight excluding hydrogens is 277 g/mol. The average molecular weight is 291 g/mol. The largest absolute Gasteiger partial charge is 0.524 e. The highest BCUT2D eigenvalue weighted by Gasteiger charge is 2.19. The summed E-state index contributed by atoms with van der Waals surface area (Å²) in [7, 11) is -3.53. The van der Waals surface area contributed by atoms with Crippen LogP contribution in [0.1, 0.15) is 5.56 Å². The molecule has 0 heterocycles. The molecule has 0 bridgehead atoms. The van der Waals surface area contributed by atoms with Crippen molar-refractivity contribution in [3.8, 4) is 11.5 Å². The molecule has 0 saturated heterocycles. The van der Waals surface area contributed by atoms with Gasteiger partial charge < -0.3 is 20.1 Å². The van der Waals surface area contributed by atoms with Crippen molar-refractivity contribution in [2.75, 3.05) is 7.11 Å². The first kappa shape index (κ1) is 15.5. The zero-order chi connectivity index (χ0) is 14.6. The van der Waals surface area contributed by atoms with Crippen LogP contribution in [0.3, 0.4) is 0 Å². The average Bonchev–Trinajstić information content (AvgIpc) is 2.30. The summed E-state index contributed by atoms with van der Waals surface area (Å²) < 4.78 is 19.3. The van der Waals surface area contributed by atoms with Crippen LogP contribution in [0.25, 0.3) is 0 Å². The molecule has 106 valence electrons. The Morgan fingerprint density at radius 3 is 2.58 bits per heavy atom. The van der Waals surface area contributed by atoms with Gasteiger partial charge in [-0.2, -0.15) is 0 Å². The Morgan fingerprint density at radius 1 is 1.47 bits per heavy atom. The fraction of sp³-hybridized carbons (Fsp3) is 0.300. The van der Waals surface area contributed by atoms with E-state index >= 15 is 0 Å². The van der Waals surface area contributed by atoms with Crippen LogP contribution >= 0.6 is 7.82 Å². The molecule has 0 aliphatic heterocycles. The van der Waals surface area contributed by atoms with E-state index in [-0.39, 0.29) is 12.2 Å². The van der Waals surface area contributed by atoms with E-state index in [0.717, 1.165) is 0 Å². The number of methoxy groups -OCH3 is 1. The first-order valence-corrected chi connectivity index (χ1v) is 6.66. The van der Waals surface area contributed by atoms with Gasteiger partial charge in [0.1, 0.15) is 6.04 Å². The number of hydrogen-bond acceptors (Lipinski definition) is 6. The molecule has 8 nitrogen and oxygen atoms in total. The zero-order valence-corrected chi connectivity index (χ0v) is 10.9. The summed E-state index contributed by atoms with van der Waals surface area (Å²) in [6.45, 7) is 0. The van der Waals surface area contributed by atoms with E-state index < -0.39 is 25.6 Å². The quantitative estimate of drug-likeness (QED) is 0.436. The Bertz CT molecular complexity index is 513. The third kappa shape index (κ3) is 4.88. The van der Waals surface area contributed by atoms with Crippen molar-refractivity contribution in [1.29, 1.82) is 0 Å². The molecule has 0 aliphatic rings. The lowest BCUT2D eigenvalue weighted by Gasteiger charge is -2.12. The topological polar surface area (TPSA) is 139 Å². The number of ether oxygens (including phenoxy) is 1. The number of phenols is 1. The molecule has 0 spiro atoms. The van der Waals surface area contributed by atoms with Gasteiger partial charge in [-0.15, -0.1) is 0 Å². The molecule has 1 aromatic carbocycles. The predicted octanol–water partition coefficient (Wildman–Crippen LogP) is -0.0935. The second-order valence-electron chi connectivity index (χ2n) is 3.72. The fourth-order valence-electron chi connectivity index (χ4n) is 1.38. The number of esters is 1. The molecule has 0 fully saturated rings. The van der Waals surface area contributed by atoms with Gasteiger partial charge in [0.25, 0.3) is 0 Å². The maximum atomic E-state index is 11.1. The van der Waals surface area contributed by atoms with Crippen LogP contribution in [0.4, 0.5) is 0 Å². The molecule has 0 amide bonds. The first-order chi connectivity index (χ1) is 8.73. The van der Waals surface area contributed by atoms with Crippen LogP contribution in [0.2, 0.25) is 0 Å². The molecule has 1 unspecified atom stereocenters. The predicted molar refractivity (Wildman–Crippen MR) is 64.5 cm³/mol. The van der Waals surface area contributed by atoms with Crippen molar-refractivity contribution < 1.29 is 33.5 Å². The summed E-state index contributed by atoms with van der Waals surface area (Å²) >= 11 is 0. The van der Waals surface area contributed by atoms with Crippen LogP contribution in [0.5, 0.6) is 11.5 Å². The van der Waals surface area contributed by atoms with Gasteiger partial charge in [-0.1, -0.05) is 6.07 Å². The van der Waals surface area contributed by atoms with E-state index in [2.05, 4.69) is 9.26 Å². The number of nitrogens with two attached hydrogens (primary N) is 1. The normalized spacial score (nSPS) is 12.8. The van der Waals surface area contributed by atoms with Crippen molar-refractivity contribution in [2.24, 2.45) is 5.73 Å². The summed E-state index contributed by atoms with van der Waals surface area (Å²) in [5.74, 6) is -1.42. The SMILES string of the molecule is COC(=O)C(N)Cc1ccc(OP(=O)(O)O)c(O)c1. The minimum atomic E-state index is -4.74. The third-order valence-electron chi connectivity index (χ3n) is 2.20. The number of carbonyl (C=O) groups is 1. The monoisotopic (exact) mass is 291 g/mol. The van der Waals surface area contributed by atoms with Crippen molar-refractivity contribution in [3.05, 3.63) is 23.8 Å². The lowest BCUT2D eigenvalue weighted by Crippen LogP contribution is -2.33. The second-order valence-corrected chi connectivity index (χ2v) is 4.88. The summed E-state index contributed by atoms with van der Waals surface area (Å²) in [5, 5.41) is 9.54. The lowest BCUT2D eigenvalue weighted by molar-refractivity contribution is -0.142. The lowest BCUT2D eigenvalue weighted by atomic mass is 10.1. The highest BCUT2D eigenvalue weighted by atomic mass is 31.2. The standard InChI is InChI=1S/C10H14NO7P/c1-17-10(13)7(11)4-6-2-3-9(8(12)5-6)18-19(14,15)16/h2-3,5,7,12H,4,11H2,1H3,(H2,14,15,16). The van der Waals surface area contributed by atoms with Gasteiger partial charge in [0, 0.05) is 0 Å². The summed E-state index contributed by atoms with van der Waals surface area (Å²) in [6, 6.07) is 2.91. The zero-order valence-electron chi connectivity index (χ0n) is 10.0. The molecule has 1 atom stereocenters. The number of rotatable bonds is 5. The minimum Gasteiger partial charge on any atom is -0.504 e. The molecule has 1 aromatic rings. The van der Waals surface area contributed by atoms with Crippen LogP contribution in [0.15, 0.2) is 18.2 Å².